The number of hydrogen-bond donors (Lipinski definition) is 0. The molecular weight excluding hydrogens is 407 g/mol. The van der Waals surface area contributed by atoms with E-state index in [-0.39, 0.29) is 11.6 Å². The fourth-order valence-electron chi connectivity index (χ4n) is 1.89. The molecule has 0 N–H and O–H groups in total. The Balaban J connectivity index is 2.50. The zero-order valence-electron chi connectivity index (χ0n) is 12.5. The van der Waals surface area contributed by atoms with E-state index in [2.05, 4.69) is 9.68 Å². The third kappa shape index (κ3) is 3.02. The average molecular weight is 413 g/mol. The molecule has 0 fully saturated rings. The van der Waals surface area contributed by atoms with Crippen molar-refractivity contribution in [3.63, 3.8) is 0 Å². The Labute approximate surface area is 142 Å². The van der Waals surface area contributed by atoms with Gasteiger partial charge in [0.25, 0.3) is 0 Å². The van der Waals surface area contributed by atoms with Crippen molar-refractivity contribution in [3.8, 4) is 11.3 Å². The van der Waals surface area contributed by atoms with Crippen LogP contribution in [0, 0.1) is 0 Å². The average Bonchev–Trinajstić information content (AvgIpc) is 3.04. The van der Waals surface area contributed by atoms with E-state index in [4.69, 9.17) is 0 Å². The van der Waals surface area contributed by atoms with E-state index in [1.807, 2.05) is 0 Å². The topological polar surface area (TPSA) is 26.0 Å². The first-order chi connectivity index (χ1) is 12.1. The van der Waals surface area contributed by atoms with Crippen molar-refractivity contribution in [1.82, 2.24) is 5.16 Å². The summed E-state index contributed by atoms with van der Waals surface area (Å²) in [4.78, 5) is 0. The van der Waals surface area contributed by atoms with Gasteiger partial charge < -0.3 is 4.52 Å². The van der Waals surface area contributed by atoms with E-state index in [1.54, 1.807) is 0 Å². The lowest BCUT2D eigenvalue weighted by molar-refractivity contribution is -0.425. The van der Waals surface area contributed by atoms with Gasteiger partial charge in [-0.2, -0.15) is 48.3 Å². The highest BCUT2D eigenvalue weighted by atomic mass is 19.4. The molecule has 0 radical (unpaired) electrons. The number of nitrogens with zero attached hydrogens (tertiary/aromatic N) is 1. The number of benzene rings is 1. The first kappa shape index (κ1) is 21.0. The minimum Gasteiger partial charge on any atom is -0.356 e. The molecule has 0 aliphatic rings. The summed E-state index contributed by atoms with van der Waals surface area (Å²) in [6.45, 7) is 0. The normalized spacial score (nSPS) is 14.5. The van der Waals surface area contributed by atoms with Gasteiger partial charge in [0.1, 0.15) is 0 Å². The molecule has 27 heavy (non-hydrogen) atoms. The van der Waals surface area contributed by atoms with E-state index in [0.717, 1.165) is 0 Å². The molecule has 150 valence electrons. The first-order valence-electron chi connectivity index (χ1n) is 6.68. The maximum absolute atomic E-state index is 13.8. The smallest absolute Gasteiger partial charge is 0.356 e. The summed E-state index contributed by atoms with van der Waals surface area (Å²) >= 11 is 0. The fraction of sp³-hybridized carbons (Fsp3) is 0.357. The molecule has 2 rings (SSSR count). The van der Waals surface area contributed by atoms with Crippen LogP contribution in [0.25, 0.3) is 11.3 Å². The minimum atomic E-state index is -7.49. The summed E-state index contributed by atoms with van der Waals surface area (Å²) in [5.74, 6) is -29.0. The standard InChI is InChI=1S/C14H6F11NO/c15-10(16,9-6-8(27-26-9)7-4-2-1-3-5-7)11(17,18)12(19,20)13(21,22)14(23,24)25/h1-6H. The molecular formula is C14H6F11NO. The van der Waals surface area contributed by atoms with Gasteiger partial charge in [-0.15, -0.1) is 0 Å². The van der Waals surface area contributed by atoms with Crippen molar-refractivity contribution in [3.05, 3.63) is 42.1 Å². The van der Waals surface area contributed by atoms with Crippen LogP contribution in [0.15, 0.2) is 40.9 Å². The molecule has 2 aromatic rings. The highest BCUT2D eigenvalue weighted by Gasteiger charge is 2.87. The molecule has 0 bridgehead atoms. The molecule has 0 spiro atoms. The van der Waals surface area contributed by atoms with Gasteiger partial charge in [0.05, 0.1) is 0 Å². The lowest BCUT2D eigenvalue weighted by atomic mass is 9.96. The van der Waals surface area contributed by atoms with Gasteiger partial charge >= 0.3 is 29.9 Å². The van der Waals surface area contributed by atoms with Crippen LogP contribution in [0.1, 0.15) is 5.69 Å². The Kier molecular flexibility index (Phi) is 4.73. The highest BCUT2D eigenvalue weighted by Crippen LogP contribution is 2.59. The van der Waals surface area contributed by atoms with Gasteiger partial charge in [0, 0.05) is 11.6 Å². The van der Waals surface area contributed by atoms with Crippen LogP contribution in [0.4, 0.5) is 48.3 Å². The first-order valence-corrected chi connectivity index (χ1v) is 6.68. The molecule has 0 atom stereocenters. The third-order valence-corrected chi connectivity index (χ3v) is 3.43. The number of rotatable bonds is 5. The molecule has 13 heteroatoms. The third-order valence-electron chi connectivity index (χ3n) is 3.43. The fourth-order valence-corrected chi connectivity index (χ4v) is 1.89. The molecule has 0 unspecified atom stereocenters. The van der Waals surface area contributed by atoms with Gasteiger partial charge in [-0.1, -0.05) is 35.5 Å². The molecule has 0 amide bonds. The summed E-state index contributed by atoms with van der Waals surface area (Å²) in [6.07, 6.45) is -7.21. The zero-order chi connectivity index (χ0) is 20.9. The molecule has 0 aliphatic heterocycles. The second-order valence-electron chi connectivity index (χ2n) is 5.24. The van der Waals surface area contributed by atoms with Crippen molar-refractivity contribution < 1.29 is 52.8 Å². The number of hydrogen-bond acceptors (Lipinski definition) is 2. The SMILES string of the molecule is FC(F)(F)C(F)(F)C(F)(F)C(F)(F)C(F)(F)c1cc(-c2ccccc2)on1. The Morgan fingerprint density at radius 3 is 1.67 bits per heavy atom. The van der Waals surface area contributed by atoms with Crippen LogP contribution in [-0.4, -0.2) is 29.1 Å². The summed E-state index contributed by atoms with van der Waals surface area (Å²) in [6, 6.07) is 6.62. The Morgan fingerprint density at radius 2 is 1.19 bits per heavy atom. The highest BCUT2D eigenvalue weighted by molar-refractivity contribution is 5.57. The van der Waals surface area contributed by atoms with Crippen LogP contribution in [0.3, 0.4) is 0 Å². The molecule has 0 saturated heterocycles. The molecule has 1 aromatic heterocycles. The van der Waals surface area contributed by atoms with E-state index < -0.39 is 41.3 Å². The Morgan fingerprint density at radius 1 is 0.667 bits per heavy atom. The molecule has 0 aliphatic carbocycles. The number of aromatic nitrogens is 1. The van der Waals surface area contributed by atoms with Crippen molar-refractivity contribution >= 4 is 0 Å². The van der Waals surface area contributed by atoms with Crippen molar-refractivity contribution in [2.75, 3.05) is 0 Å². The van der Waals surface area contributed by atoms with Gasteiger partial charge in [0.15, 0.2) is 11.5 Å². The maximum Gasteiger partial charge on any atom is 0.460 e. The predicted octanol–water partition coefficient (Wildman–Crippen LogP) is 5.90. The molecule has 1 aromatic carbocycles. The van der Waals surface area contributed by atoms with E-state index >= 15 is 0 Å². The second kappa shape index (κ2) is 6.09. The van der Waals surface area contributed by atoms with Crippen LogP contribution < -0.4 is 0 Å². The van der Waals surface area contributed by atoms with E-state index in [1.165, 1.54) is 30.3 Å². The predicted molar refractivity (Wildman–Crippen MR) is 66.7 cm³/mol. The lowest BCUT2D eigenvalue weighted by Crippen LogP contribution is -2.65. The second-order valence-corrected chi connectivity index (χ2v) is 5.24. The van der Waals surface area contributed by atoms with Gasteiger partial charge in [-0.05, 0) is 0 Å². The zero-order valence-corrected chi connectivity index (χ0v) is 12.5. The number of alkyl halides is 11. The van der Waals surface area contributed by atoms with E-state index in [0.29, 0.717) is 0 Å². The van der Waals surface area contributed by atoms with E-state index in [9.17, 15) is 48.3 Å². The Hall–Kier alpha value is -2.34. The van der Waals surface area contributed by atoms with Crippen LogP contribution in [-0.2, 0) is 5.92 Å². The lowest BCUT2D eigenvalue weighted by Gasteiger charge is -2.36. The quantitative estimate of drug-likeness (QED) is 0.571. The van der Waals surface area contributed by atoms with Gasteiger partial charge in [-0.25, -0.2) is 0 Å². The van der Waals surface area contributed by atoms with Crippen molar-refractivity contribution in [2.24, 2.45) is 0 Å². The van der Waals surface area contributed by atoms with Crippen molar-refractivity contribution in [2.45, 2.75) is 29.9 Å². The van der Waals surface area contributed by atoms with Crippen LogP contribution in [0.2, 0.25) is 0 Å². The van der Waals surface area contributed by atoms with Crippen LogP contribution in [0.5, 0.6) is 0 Å². The molecule has 0 saturated carbocycles. The van der Waals surface area contributed by atoms with Crippen LogP contribution >= 0.6 is 0 Å². The Bertz CT molecular complexity index is 795. The summed E-state index contributed by atoms with van der Waals surface area (Å²) in [5, 5.41) is 2.42. The molecule has 2 nitrogen and oxygen atoms in total. The minimum absolute atomic E-state index is 0.0252. The molecule has 1 heterocycles. The summed E-state index contributed by atoms with van der Waals surface area (Å²) < 4.78 is 147. The summed E-state index contributed by atoms with van der Waals surface area (Å²) in [5.41, 5.74) is -2.27. The van der Waals surface area contributed by atoms with Gasteiger partial charge in [-0.3, -0.25) is 0 Å². The largest absolute Gasteiger partial charge is 0.460 e. The monoisotopic (exact) mass is 413 g/mol. The summed E-state index contributed by atoms with van der Waals surface area (Å²) in [7, 11) is 0. The maximum atomic E-state index is 13.8. The number of halogens is 11. The van der Waals surface area contributed by atoms with Crippen molar-refractivity contribution in [1.29, 1.82) is 0 Å². The van der Waals surface area contributed by atoms with Gasteiger partial charge in [0.2, 0.25) is 0 Å².